The smallest absolute Gasteiger partial charge is 0.301 e. The van der Waals surface area contributed by atoms with E-state index < -0.39 is 17.6 Å². The van der Waals surface area contributed by atoms with Crippen molar-refractivity contribution in [1.82, 2.24) is 4.90 Å². The third kappa shape index (κ3) is 6.23. The third-order valence-electron chi connectivity index (χ3n) is 6.47. The van der Waals surface area contributed by atoms with E-state index in [4.69, 9.17) is 0 Å². The molecule has 182 valence electrons. The molecular weight excluding hydrogens is 440 g/mol. The Balaban J connectivity index is 1.71. The molecule has 6 heteroatoms. The standard InChI is InChI=1S/C28H33F4N2/c1-5-34(6-2)21(4)8-7-15-33-16-13-23(14-17-33)26(29)19-22-10-12-25-24(18-22)11-9-20(3)27(25)28(30,31)32/h9-14,16-19,21H,5-8,15H2,1-4H3/q+1/b26-19-. The molecule has 1 aromatic heterocycles. The van der Waals surface area contributed by atoms with Gasteiger partial charge >= 0.3 is 6.18 Å². The number of nitrogens with zero attached hydrogens (tertiary/aromatic N) is 2. The summed E-state index contributed by atoms with van der Waals surface area (Å²) in [4.78, 5) is 2.44. The number of benzene rings is 2. The summed E-state index contributed by atoms with van der Waals surface area (Å²) >= 11 is 0. The number of fused-ring (bicyclic) bond motifs is 1. The number of hydrogen-bond acceptors (Lipinski definition) is 1. The van der Waals surface area contributed by atoms with Crippen molar-refractivity contribution in [3.8, 4) is 0 Å². The van der Waals surface area contributed by atoms with Gasteiger partial charge in [-0.2, -0.15) is 13.2 Å². The van der Waals surface area contributed by atoms with Gasteiger partial charge in [-0.1, -0.05) is 38.1 Å². The van der Waals surface area contributed by atoms with E-state index in [1.807, 2.05) is 17.0 Å². The van der Waals surface area contributed by atoms with Crippen molar-refractivity contribution in [3.63, 3.8) is 0 Å². The van der Waals surface area contributed by atoms with Gasteiger partial charge in [0.05, 0.1) is 5.56 Å². The third-order valence-corrected chi connectivity index (χ3v) is 6.47. The molecule has 1 heterocycles. The number of aromatic nitrogens is 1. The average molecular weight is 474 g/mol. The van der Waals surface area contributed by atoms with Crippen LogP contribution in [0.4, 0.5) is 17.6 Å². The Morgan fingerprint density at radius 3 is 2.32 bits per heavy atom. The van der Waals surface area contributed by atoms with Crippen molar-refractivity contribution in [2.75, 3.05) is 13.1 Å². The van der Waals surface area contributed by atoms with Gasteiger partial charge in [-0.15, -0.1) is 0 Å². The zero-order chi connectivity index (χ0) is 24.9. The van der Waals surface area contributed by atoms with Crippen LogP contribution in [-0.2, 0) is 12.7 Å². The number of aryl methyl sites for hydroxylation is 2. The maximum atomic E-state index is 14.9. The highest BCUT2D eigenvalue weighted by molar-refractivity contribution is 5.90. The molecule has 0 aliphatic heterocycles. The predicted molar refractivity (Wildman–Crippen MR) is 131 cm³/mol. The molecule has 0 spiro atoms. The first-order valence-electron chi connectivity index (χ1n) is 11.8. The van der Waals surface area contributed by atoms with Crippen LogP contribution in [0, 0.1) is 6.92 Å². The second-order valence-electron chi connectivity index (χ2n) is 8.77. The van der Waals surface area contributed by atoms with Crippen LogP contribution in [0.5, 0.6) is 0 Å². The molecule has 34 heavy (non-hydrogen) atoms. The maximum absolute atomic E-state index is 14.9. The Morgan fingerprint density at radius 2 is 1.71 bits per heavy atom. The number of pyridine rings is 1. The minimum atomic E-state index is -4.44. The zero-order valence-electron chi connectivity index (χ0n) is 20.3. The van der Waals surface area contributed by atoms with Gasteiger partial charge in [0.15, 0.2) is 12.4 Å². The summed E-state index contributed by atoms with van der Waals surface area (Å²) in [6.07, 6.45) is 2.79. The molecule has 0 aliphatic rings. The lowest BCUT2D eigenvalue weighted by atomic mass is 9.97. The van der Waals surface area contributed by atoms with E-state index in [2.05, 4.69) is 25.7 Å². The molecule has 0 bridgehead atoms. The Hall–Kier alpha value is -2.73. The molecule has 3 rings (SSSR count). The summed E-state index contributed by atoms with van der Waals surface area (Å²) < 4.78 is 57.3. The number of hydrogen-bond donors (Lipinski definition) is 0. The first kappa shape index (κ1) is 25.9. The van der Waals surface area contributed by atoms with Crippen molar-refractivity contribution >= 4 is 22.7 Å². The summed E-state index contributed by atoms with van der Waals surface area (Å²) in [5.74, 6) is -0.426. The van der Waals surface area contributed by atoms with Gasteiger partial charge in [0.1, 0.15) is 12.4 Å². The molecule has 3 aromatic rings. The fourth-order valence-electron chi connectivity index (χ4n) is 4.52. The van der Waals surface area contributed by atoms with Gasteiger partial charge in [-0.25, -0.2) is 8.96 Å². The highest BCUT2D eigenvalue weighted by Gasteiger charge is 2.34. The SMILES string of the molecule is CCN(CC)C(C)CCC[n+]1ccc(/C(F)=C/c2ccc3c(C(F)(F)F)c(C)ccc3c2)cc1. The minimum Gasteiger partial charge on any atom is -0.301 e. The predicted octanol–water partition coefficient (Wildman–Crippen LogP) is 7.43. The lowest BCUT2D eigenvalue weighted by Crippen LogP contribution is -2.36. The number of halogens is 4. The van der Waals surface area contributed by atoms with Gasteiger partial charge < -0.3 is 4.90 Å². The average Bonchev–Trinajstić information content (AvgIpc) is 2.79. The quantitative estimate of drug-likeness (QED) is 0.231. The second kappa shape index (κ2) is 11.1. The van der Waals surface area contributed by atoms with Crippen molar-refractivity contribution in [2.45, 2.75) is 59.3 Å². The van der Waals surface area contributed by atoms with Crippen molar-refractivity contribution < 1.29 is 22.1 Å². The van der Waals surface area contributed by atoms with Crippen LogP contribution in [-0.4, -0.2) is 24.0 Å². The summed E-state index contributed by atoms with van der Waals surface area (Å²) in [5, 5.41) is 0.561. The van der Waals surface area contributed by atoms with Gasteiger partial charge in [0.2, 0.25) is 0 Å². The maximum Gasteiger partial charge on any atom is 0.417 e. The van der Waals surface area contributed by atoms with E-state index in [0.717, 1.165) is 32.5 Å². The molecule has 1 unspecified atom stereocenters. The topological polar surface area (TPSA) is 7.12 Å². The van der Waals surface area contributed by atoms with Crippen LogP contribution in [0.2, 0.25) is 0 Å². The molecule has 0 saturated heterocycles. The first-order valence-corrected chi connectivity index (χ1v) is 11.8. The highest BCUT2D eigenvalue weighted by Crippen LogP contribution is 2.37. The Morgan fingerprint density at radius 1 is 1.03 bits per heavy atom. The van der Waals surface area contributed by atoms with E-state index in [1.54, 1.807) is 24.3 Å². The molecule has 0 radical (unpaired) electrons. The van der Waals surface area contributed by atoms with Crippen LogP contribution < -0.4 is 4.57 Å². The molecule has 0 fully saturated rings. The zero-order valence-corrected chi connectivity index (χ0v) is 20.3. The van der Waals surface area contributed by atoms with Crippen LogP contribution in [0.3, 0.4) is 0 Å². The van der Waals surface area contributed by atoms with Crippen LogP contribution in [0.1, 0.15) is 55.9 Å². The number of rotatable bonds is 9. The van der Waals surface area contributed by atoms with Crippen molar-refractivity contribution in [3.05, 3.63) is 77.1 Å². The molecule has 0 saturated carbocycles. The lowest BCUT2D eigenvalue weighted by molar-refractivity contribution is -0.697. The highest BCUT2D eigenvalue weighted by atomic mass is 19.4. The summed E-state index contributed by atoms with van der Waals surface area (Å²) in [7, 11) is 0. The van der Waals surface area contributed by atoms with Crippen molar-refractivity contribution in [2.24, 2.45) is 0 Å². The van der Waals surface area contributed by atoms with Crippen LogP contribution in [0.25, 0.3) is 22.7 Å². The normalized spacial score (nSPS) is 13.6. The Kier molecular flexibility index (Phi) is 8.47. The van der Waals surface area contributed by atoms with Gasteiger partial charge in [0.25, 0.3) is 0 Å². The molecule has 0 amide bonds. The molecular formula is C28H33F4N2+. The van der Waals surface area contributed by atoms with E-state index in [1.165, 1.54) is 31.2 Å². The van der Waals surface area contributed by atoms with E-state index >= 15 is 0 Å². The Labute approximate surface area is 199 Å². The summed E-state index contributed by atoms with van der Waals surface area (Å²) in [6, 6.07) is 11.6. The minimum absolute atomic E-state index is 0.126. The Bertz CT molecular complexity index is 1130. The van der Waals surface area contributed by atoms with Crippen LogP contribution >= 0.6 is 0 Å². The fraction of sp³-hybridized carbons (Fsp3) is 0.393. The monoisotopic (exact) mass is 473 g/mol. The summed E-state index contributed by atoms with van der Waals surface area (Å²) in [5.41, 5.74) is 0.492. The van der Waals surface area contributed by atoms with Gasteiger partial charge in [0, 0.05) is 30.2 Å². The summed E-state index contributed by atoms with van der Waals surface area (Å²) in [6.45, 7) is 11.0. The van der Waals surface area contributed by atoms with Gasteiger partial charge in [-0.05, 0) is 67.4 Å². The number of alkyl halides is 3. The largest absolute Gasteiger partial charge is 0.417 e. The lowest BCUT2D eigenvalue weighted by Gasteiger charge is -2.25. The van der Waals surface area contributed by atoms with E-state index in [-0.39, 0.29) is 10.9 Å². The van der Waals surface area contributed by atoms with Gasteiger partial charge in [-0.3, -0.25) is 0 Å². The second-order valence-corrected chi connectivity index (χ2v) is 8.77. The fourth-order valence-corrected chi connectivity index (χ4v) is 4.52. The van der Waals surface area contributed by atoms with Crippen molar-refractivity contribution in [1.29, 1.82) is 0 Å². The first-order chi connectivity index (χ1) is 16.1. The molecule has 0 aliphatic carbocycles. The molecule has 2 aromatic carbocycles. The molecule has 0 N–H and O–H groups in total. The molecule has 2 nitrogen and oxygen atoms in total. The van der Waals surface area contributed by atoms with E-state index in [9.17, 15) is 17.6 Å². The molecule has 1 atom stereocenters. The van der Waals surface area contributed by atoms with E-state index in [0.29, 0.717) is 22.6 Å². The van der Waals surface area contributed by atoms with Crippen LogP contribution in [0.15, 0.2) is 54.9 Å².